The van der Waals surface area contributed by atoms with Gasteiger partial charge in [0.15, 0.2) is 5.11 Å². The van der Waals surface area contributed by atoms with E-state index in [4.69, 9.17) is 23.8 Å². The summed E-state index contributed by atoms with van der Waals surface area (Å²) in [5.74, 6) is -0.428. The first-order valence-electron chi connectivity index (χ1n) is 7.70. The summed E-state index contributed by atoms with van der Waals surface area (Å²) in [5, 5.41) is 3.98. The van der Waals surface area contributed by atoms with Crippen LogP contribution < -0.4 is 5.32 Å². The van der Waals surface area contributed by atoms with Gasteiger partial charge in [0.25, 0.3) is 0 Å². The zero-order chi connectivity index (χ0) is 16.1. The minimum Gasteiger partial charge on any atom is -0.345 e. The molecule has 0 spiro atoms. The third-order valence-corrected chi connectivity index (χ3v) is 5.49. The average molecular weight is 341 g/mol. The van der Waals surface area contributed by atoms with Crippen molar-refractivity contribution in [1.82, 2.24) is 4.90 Å². The van der Waals surface area contributed by atoms with Crippen LogP contribution >= 0.6 is 23.8 Å². The minimum absolute atomic E-state index is 0.128. The van der Waals surface area contributed by atoms with Gasteiger partial charge in [-0.2, -0.15) is 0 Å². The van der Waals surface area contributed by atoms with Crippen molar-refractivity contribution in [2.24, 2.45) is 10.8 Å². The molecule has 1 aromatic carbocycles. The van der Waals surface area contributed by atoms with Gasteiger partial charge in [-0.15, -0.1) is 0 Å². The summed E-state index contributed by atoms with van der Waals surface area (Å²) >= 11 is 11.3. The lowest BCUT2D eigenvalue weighted by Gasteiger charge is -2.39. The standard InChI is InChI=1S/C17H22ClFN2S/c1-16(2)7-12-8-17(3,9-16)10-21(12)15(22)20-11-4-5-13(18)14(19)6-11/h4-6,12H,7-10H2,1-3H3,(H,20,22)/t12-,17-/m1/s1. The van der Waals surface area contributed by atoms with Crippen LogP contribution in [-0.2, 0) is 0 Å². The Morgan fingerprint density at radius 3 is 2.77 bits per heavy atom. The molecule has 2 nitrogen and oxygen atoms in total. The third kappa shape index (κ3) is 3.09. The van der Waals surface area contributed by atoms with Crippen LogP contribution in [0.3, 0.4) is 0 Å². The van der Waals surface area contributed by atoms with Gasteiger partial charge in [-0.3, -0.25) is 0 Å². The summed E-state index contributed by atoms with van der Waals surface area (Å²) < 4.78 is 13.6. The lowest BCUT2D eigenvalue weighted by atomic mass is 9.65. The predicted octanol–water partition coefficient (Wildman–Crippen LogP) is 5.08. The van der Waals surface area contributed by atoms with E-state index in [9.17, 15) is 4.39 Å². The number of likely N-dealkylation sites (tertiary alicyclic amines) is 1. The number of hydrogen-bond acceptors (Lipinski definition) is 1. The van der Waals surface area contributed by atoms with E-state index < -0.39 is 5.82 Å². The van der Waals surface area contributed by atoms with Crippen molar-refractivity contribution in [3.63, 3.8) is 0 Å². The quantitative estimate of drug-likeness (QED) is 0.718. The van der Waals surface area contributed by atoms with Gasteiger partial charge >= 0.3 is 0 Å². The highest BCUT2D eigenvalue weighted by atomic mass is 35.5. The van der Waals surface area contributed by atoms with E-state index in [1.54, 1.807) is 12.1 Å². The molecule has 1 saturated carbocycles. The first-order chi connectivity index (χ1) is 10.2. The molecule has 2 atom stereocenters. The maximum atomic E-state index is 13.6. The molecule has 0 radical (unpaired) electrons. The zero-order valence-corrected chi connectivity index (χ0v) is 14.8. The van der Waals surface area contributed by atoms with Gasteiger partial charge in [-0.1, -0.05) is 32.4 Å². The number of halogens is 2. The normalized spacial score (nSPS) is 29.5. The minimum atomic E-state index is -0.428. The third-order valence-electron chi connectivity index (χ3n) is 4.85. The summed E-state index contributed by atoms with van der Waals surface area (Å²) in [5.41, 5.74) is 1.33. The molecule has 3 rings (SSSR count). The Bertz CT molecular complexity index is 619. The second-order valence-corrected chi connectivity index (χ2v) is 8.69. The first-order valence-corrected chi connectivity index (χ1v) is 8.49. The fourth-order valence-electron chi connectivity index (χ4n) is 4.47. The molecule has 1 saturated heterocycles. The SMILES string of the molecule is CC1(C)C[C@@H]2C[C@@](C)(CN2C(=S)Nc2ccc(Cl)c(F)c2)C1. The van der Waals surface area contributed by atoms with Crippen LogP contribution in [0.15, 0.2) is 18.2 Å². The Morgan fingerprint density at radius 2 is 2.09 bits per heavy atom. The van der Waals surface area contributed by atoms with Crippen molar-refractivity contribution >= 4 is 34.6 Å². The van der Waals surface area contributed by atoms with Crippen molar-refractivity contribution in [1.29, 1.82) is 0 Å². The van der Waals surface area contributed by atoms with Crippen LogP contribution in [-0.4, -0.2) is 22.6 Å². The van der Waals surface area contributed by atoms with E-state index >= 15 is 0 Å². The van der Waals surface area contributed by atoms with Crippen molar-refractivity contribution in [3.05, 3.63) is 29.0 Å². The van der Waals surface area contributed by atoms with Gasteiger partial charge in [-0.05, 0) is 60.5 Å². The summed E-state index contributed by atoms with van der Waals surface area (Å²) in [6.45, 7) is 8.01. The summed E-state index contributed by atoms with van der Waals surface area (Å²) in [4.78, 5) is 2.29. The van der Waals surface area contributed by atoms with Crippen LogP contribution in [0.4, 0.5) is 10.1 Å². The summed E-state index contributed by atoms with van der Waals surface area (Å²) in [7, 11) is 0. The molecule has 0 amide bonds. The molecule has 5 heteroatoms. The second-order valence-electron chi connectivity index (χ2n) is 7.90. The first kappa shape index (κ1) is 16.0. The van der Waals surface area contributed by atoms with E-state index in [0.717, 1.165) is 13.0 Å². The molecule has 2 fully saturated rings. The number of nitrogens with one attached hydrogen (secondary N) is 1. The van der Waals surface area contributed by atoms with E-state index in [-0.39, 0.29) is 5.02 Å². The van der Waals surface area contributed by atoms with Crippen molar-refractivity contribution in [2.45, 2.75) is 46.1 Å². The zero-order valence-electron chi connectivity index (χ0n) is 13.2. The molecule has 1 aromatic rings. The fourth-order valence-corrected chi connectivity index (χ4v) is 4.92. The molecule has 0 unspecified atom stereocenters. The largest absolute Gasteiger partial charge is 0.345 e. The number of thiocarbonyl (C=S) groups is 1. The number of fused-ring (bicyclic) bond motifs is 2. The number of rotatable bonds is 1. The Balaban J connectivity index is 1.74. The number of benzene rings is 1. The monoisotopic (exact) mass is 340 g/mol. The number of anilines is 1. The van der Waals surface area contributed by atoms with Crippen LogP contribution in [0.25, 0.3) is 0 Å². The van der Waals surface area contributed by atoms with Crippen molar-refractivity contribution in [2.75, 3.05) is 11.9 Å². The maximum Gasteiger partial charge on any atom is 0.173 e. The second kappa shape index (κ2) is 5.34. The molecule has 0 aromatic heterocycles. The Kier molecular flexibility index (Phi) is 3.89. The molecular formula is C17H22ClFN2S. The van der Waals surface area contributed by atoms with Gasteiger partial charge in [0, 0.05) is 18.3 Å². The van der Waals surface area contributed by atoms with Crippen molar-refractivity contribution < 1.29 is 4.39 Å². The van der Waals surface area contributed by atoms with Gasteiger partial charge < -0.3 is 10.2 Å². The highest BCUT2D eigenvalue weighted by Crippen LogP contribution is 2.52. The lowest BCUT2D eigenvalue weighted by molar-refractivity contribution is 0.132. The van der Waals surface area contributed by atoms with Gasteiger partial charge in [0.05, 0.1) is 5.02 Å². The summed E-state index contributed by atoms with van der Waals surface area (Å²) in [6.07, 6.45) is 3.57. The highest BCUT2D eigenvalue weighted by Gasteiger charge is 2.50. The molecule has 2 bridgehead atoms. The molecule has 120 valence electrons. The highest BCUT2D eigenvalue weighted by molar-refractivity contribution is 7.80. The fraction of sp³-hybridized carbons (Fsp3) is 0.588. The molecule has 1 aliphatic carbocycles. The molecule has 2 aliphatic rings. The van der Waals surface area contributed by atoms with E-state index in [1.807, 2.05) is 0 Å². The predicted molar refractivity (Wildman–Crippen MR) is 93.9 cm³/mol. The molecule has 1 aliphatic heterocycles. The Labute approximate surface area is 142 Å². The maximum absolute atomic E-state index is 13.6. The van der Waals surface area contributed by atoms with E-state index in [0.29, 0.717) is 27.7 Å². The Morgan fingerprint density at radius 1 is 1.36 bits per heavy atom. The molecule has 22 heavy (non-hydrogen) atoms. The molecular weight excluding hydrogens is 319 g/mol. The molecule has 1 N–H and O–H groups in total. The number of hydrogen-bond donors (Lipinski definition) is 1. The van der Waals surface area contributed by atoms with Gasteiger partial charge in [0.2, 0.25) is 0 Å². The topological polar surface area (TPSA) is 15.3 Å². The van der Waals surface area contributed by atoms with Crippen LogP contribution in [0.1, 0.15) is 40.0 Å². The van der Waals surface area contributed by atoms with Gasteiger partial charge in [0.1, 0.15) is 5.82 Å². The average Bonchev–Trinajstić information content (AvgIpc) is 2.63. The van der Waals surface area contributed by atoms with Crippen LogP contribution in [0.5, 0.6) is 0 Å². The molecule has 1 heterocycles. The van der Waals surface area contributed by atoms with E-state index in [1.165, 1.54) is 18.9 Å². The number of nitrogens with zero attached hydrogens (tertiary/aromatic N) is 1. The van der Waals surface area contributed by atoms with Crippen LogP contribution in [0, 0.1) is 16.6 Å². The lowest BCUT2D eigenvalue weighted by Crippen LogP contribution is -2.39. The van der Waals surface area contributed by atoms with E-state index in [2.05, 4.69) is 31.0 Å². The Hall–Kier alpha value is -0.870. The van der Waals surface area contributed by atoms with Crippen LogP contribution in [0.2, 0.25) is 5.02 Å². The summed E-state index contributed by atoms with van der Waals surface area (Å²) in [6, 6.07) is 5.17. The smallest absolute Gasteiger partial charge is 0.173 e. The van der Waals surface area contributed by atoms with Crippen molar-refractivity contribution in [3.8, 4) is 0 Å². The van der Waals surface area contributed by atoms with Gasteiger partial charge in [-0.25, -0.2) is 4.39 Å².